The van der Waals surface area contributed by atoms with E-state index in [1.54, 1.807) is 0 Å². The number of rotatable bonds is 5. The number of aromatic nitrogens is 6. The molecule has 0 atom stereocenters. The molecule has 1 saturated heterocycles. The van der Waals surface area contributed by atoms with Gasteiger partial charge < -0.3 is 0 Å². The lowest BCUT2D eigenvalue weighted by Crippen LogP contribution is -2.33. The van der Waals surface area contributed by atoms with Crippen molar-refractivity contribution in [3.05, 3.63) is 59.4 Å². The topological polar surface area (TPSA) is 75.5 Å². The molecule has 0 amide bonds. The summed E-state index contributed by atoms with van der Waals surface area (Å²) in [5.41, 5.74) is 3.76. The van der Waals surface area contributed by atoms with Crippen LogP contribution in [0.5, 0.6) is 0 Å². The molecule has 1 fully saturated rings. The number of fused-ring (bicyclic) bond motifs is 1. The van der Waals surface area contributed by atoms with Crippen LogP contribution in [0.1, 0.15) is 48.1 Å². The molecule has 4 aromatic rings. The van der Waals surface area contributed by atoms with Crippen molar-refractivity contribution in [2.24, 2.45) is 7.05 Å². The molecule has 1 N–H and O–H groups in total. The Morgan fingerprint density at radius 2 is 1.94 bits per heavy atom. The molecule has 5 rings (SSSR count). The highest BCUT2D eigenvalue weighted by molar-refractivity contribution is 5.80. The van der Waals surface area contributed by atoms with Gasteiger partial charge in [0.1, 0.15) is 11.5 Å². The van der Waals surface area contributed by atoms with Crippen molar-refractivity contribution in [3.8, 4) is 11.3 Å². The second kappa shape index (κ2) is 8.38. The normalized spacial score (nSPS) is 15.8. The number of aryl methyl sites for hydroxylation is 2. The number of alkyl halides is 2. The molecule has 0 unspecified atom stereocenters. The third-order valence-corrected chi connectivity index (χ3v) is 6.30. The molecule has 1 aliphatic heterocycles. The molecule has 0 radical (unpaired) electrons. The first-order valence-electron chi connectivity index (χ1n) is 10.8. The van der Waals surface area contributed by atoms with Crippen LogP contribution in [0, 0.1) is 6.92 Å². The third kappa shape index (κ3) is 3.88. The van der Waals surface area contributed by atoms with E-state index in [9.17, 15) is 8.78 Å². The Morgan fingerprint density at radius 1 is 1.16 bits per heavy atom. The number of benzene rings is 1. The SMILES string of the molecule is Cc1nc(CN2CCC(c3cc(-c4cnn(C)c4C(F)F)n[nH]3)CC2)nc2ccccc12. The largest absolute Gasteiger partial charge is 0.296 e. The van der Waals surface area contributed by atoms with Gasteiger partial charge in [0.25, 0.3) is 6.43 Å². The maximum atomic E-state index is 13.4. The maximum absolute atomic E-state index is 13.4. The zero-order valence-corrected chi connectivity index (χ0v) is 18.1. The number of aromatic amines is 1. The second-order valence-electron chi connectivity index (χ2n) is 8.37. The van der Waals surface area contributed by atoms with E-state index in [2.05, 4.69) is 20.2 Å². The van der Waals surface area contributed by atoms with E-state index in [4.69, 9.17) is 9.97 Å². The van der Waals surface area contributed by atoms with Crippen molar-refractivity contribution in [2.75, 3.05) is 13.1 Å². The number of hydrogen-bond donors (Lipinski definition) is 1. The van der Waals surface area contributed by atoms with Gasteiger partial charge in [-0.25, -0.2) is 18.7 Å². The van der Waals surface area contributed by atoms with E-state index in [-0.39, 0.29) is 5.69 Å². The number of nitrogens with one attached hydrogen (secondary N) is 1. The molecule has 9 heteroatoms. The predicted octanol–water partition coefficient (Wildman–Crippen LogP) is 4.38. The minimum atomic E-state index is -2.60. The van der Waals surface area contributed by atoms with Crippen LogP contribution in [-0.4, -0.2) is 47.9 Å². The van der Waals surface area contributed by atoms with Gasteiger partial charge in [-0.15, -0.1) is 0 Å². The zero-order valence-electron chi connectivity index (χ0n) is 18.1. The van der Waals surface area contributed by atoms with Gasteiger partial charge in [0.15, 0.2) is 0 Å². The Labute approximate surface area is 184 Å². The third-order valence-electron chi connectivity index (χ3n) is 6.30. The van der Waals surface area contributed by atoms with Crippen molar-refractivity contribution in [3.63, 3.8) is 0 Å². The molecule has 3 aromatic heterocycles. The minimum Gasteiger partial charge on any atom is -0.296 e. The van der Waals surface area contributed by atoms with E-state index in [1.807, 2.05) is 37.3 Å². The molecule has 32 heavy (non-hydrogen) atoms. The first kappa shape index (κ1) is 20.7. The van der Waals surface area contributed by atoms with Crippen molar-refractivity contribution >= 4 is 10.9 Å². The van der Waals surface area contributed by atoms with E-state index < -0.39 is 6.43 Å². The van der Waals surface area contributed by atoms with Crippen molar-refractivity contribution < 1.29 is 8.78 Å². The molecule has 7 nitrogen and oxygen atoms in total. The fraction of sp³-hybridized carbons (Fsp3) is 0.391. The molecule has 0 aliphatic carbocycles. The molecule has 1 aliphatic rings. The van der Waals surface area contributed by atoms with E-state index >= 15 is 0 Å². The zero-order chi connectivity index (χ0) is 22.2. The molecule has 0 spiro atoms. The Balaban J connectivity index is 1.25. The smallest absolute Gasteiger partial charge is 0.280 e. The Morgan fingerprint density at radius 3 is 2.72 bits per heavy atom. The number of hydrogen-bond acceptors (Lipinski definition) is 5. The summed E-state index contributed by atoms with van der Waals surface area (Å²) in [4.78, 5) is 11.8. The summed E-state index contributed by atoms with van der Waals surface area (Å²) < 4.78 is 28.0. The second-order valence-corrected chi connectivity index (χ2v) is 8.37. The summed E-state index contributed by atoms with van der Waals surface area (Å²) in [6.45, 7) is 4.59. The highest BCUT2D eigenvalue weighted by Gasteiger charge is 2.25. The van der Waals surface area contributed by atoms with Crippen LogP contribution >= 0.6 is 0 Å². The summed E-state index contributed by atoms with van der Waals surface area (Å²) in [6.07, 6.45) is 0.781. The van der Waals surface area contributed by atoms with E-state index in [0.717, 1.165) is 60.6 Å². The maximum Gasteiger partial charge on any atom is 0.280 e. The Bertz CT molecular complexity index is 1240. The molecular formula is C23H25F2N7. The summed E-state index contributed by atoms with van der Waals surface area (Å²) in [6, 6.07) is 9.97. The number of para-hydroxylation sites is 1. The van der Waals surface area contributed by atoms with Crippen LogP contribution in [0.2, 0.25) is 0 Å². The summed E-state index contributed by atoms with van der Waals surface area (Å²) in [5.74, 6) is 1.16. The number of halogens is 2. The molecular weight excluding hydrogens is 412 g/mol. The number of nitrogens with zero attached hydrogens (tertiary/aromatic N) is 6. The molecule has 166 valence electrons. The van der Waals surface area contributed by atoms with Crippen LogP contribution < -0.4 is 0 Å². The lowest BCUT2D eigenvalue weighted by Gasteiger charge is -2.30. The fourth-order valence-corrected chi connectivity index (χ4v) is 4.55. The van der Waals surface area contributed by atoms with Crippen LogP contribution in [0.25, 0.3) is 22.2 Å². The van der Waals surface area contributed by atoms with Crippen LogP contribution in [0.4, 0.5) is 8.78 Å². The lowest BCUT2D eigenvalue weighted by molar-refractivity contribution is 0.141. The van der Waals surface area contributed by atoms with Gasteiger partial charge in [0.05, 0.1) is 24.0 Å². The predicted molar refractivity (Wildman–Crippen MR) is 117 cm³/mol. The quantitative estimate of drug-likeness (QED) is 0.502. The van der Waals surface area contributed by atoms with E-state index in [1.165, 1.54) is 17.9 Å². The standard InChI is InChI=1S/C23H25F2N7/c1-14-16-5-3-4-6-18(16)28-21(27-14)13-32-9-7-15(8-10-32)19-11-20(30-29-19)17-12-26-31(2)22(17)23(24)25/h3-6,11-12,15,23H,7-10,13H2,1-2H3,(H,29,30). The van der Waals surface area contributed by atoms with Gasteiger partial charge in [0, 0.05) is 35.3 Å². The van der Waals surface area contributed by atoms with Crippen molar-refractivity contribution in [1.29, 1.82) is 0 Å². The molecule has 0 bridgehead atoms. The van der Waals surface area contributed by atoms with Gasteiger partial charge in [-0.05, 0) is 45.0 Å². The van der Waals surface area contributed by atoms with Gasteiger partial charge in [-0.1, -0.05) is 18.2 Å². The minimum absolute atomic E-state index is 0.108. The number of piperidine rings is 1. The Kier molecular flexibility index (Phi) is 5.42. The first-order chi connectivity index (χ1) is 15.5. The average molecular weight is 437 g/mol. The first-order valence-corrected chi connectivity index (χ1v) is 10.8. The van der Waals surface area contributed by atoms with Crippen LogP contribution in [0.3, 0.4) is 0 Å². The molecule has 0 saturated carbocycles. The van der Waals surface area contributed by atoms with Crippen LogP contribution in [0.15, 0.2) is 36.5 Å². The monoisotopic (exact) mass is 437 g/mol. The number of H-pyrrole nitrogens is 1. The summed E-state index contributed by atoms with van der Waals surface area (Å²) in [7, 11) is 1.52. The van der Waals surface area contributed by atoms with Gasteiger partial charge >= 0.3 is 0 Å². The highest BCUT2D eigenvalue weighted by Crippen LogP contribution is 2.33. The molecule has 4 heterocycles. The highest BCUT2D eigenvalue weighted by atomic mass is 19.3. The molecule has 1 aromatic carbocycles. The van der Waals surface area contributed by atoms with Crippen molar-refractivity contribution in [2.45, 2.75) is 38.7 Å². The number of likely N-dealkylation sites (tertiary alicyclic amines) is 1. The summed E-state index contributed by atoms with van der Waals surface area (Å²) >= 11 is 0. The van der Waals surface area contributed by atoms with Gasteiger partial charge in [-0.2, -0.15) is 10.2 Å². The lowest BCUT2D eigenvalue weighted by atomic mass is 9.93. The van der Waals surface area contributed by atoms with Crippen molar-refractivity contribution in [1.82, 2.24) is 34.8 Å². The Hall–Kier alpha value is -3.20. The van der Waals surface area contributed by atoms with E-state index in [0.29, 0.717) is 17.2 Å². The van der Waals surface area contributed by atoms with Gasteiger partial charge in [0.2, 0.25) is 0 Å². The summed E-state index contributed by atoms with van der Waals surface area (Å²) in [5, 5.41) is 12.4. The van der Waals surface area contributed by atoms with Crippen LogP contribution in [-0.2, 0) is 13.6 Å². The average Bonchev–Trinajstić information content (AvgIpc) is 3.41. The van der Waals surface area contributed by atoms with Gasteiger partial charge in [-0.3, -0.25) is 14.7 Å². The fourth-order valence-electron chi connectivity index (χ4n) is 4.55.